The molecule has 1 fully saturated rings. The summed E-state index contributed by atoms with van der Waals surface area (Å²) in [7, 11) is 1.54. The zero-order valence-corrected chi connectivity index (χ0v) is 10.6. The molecule has 0 radical (unpaired) electrons. The summed E-state index contributed by atoms with van der Waals surface area (Å²) >= 11 is 0. The van der Waals surface area contributed by atoms with E-state index in [-0.39, 0.29) is 5.82 Å². The maximum absolute atomic E-state index is 13.7. The van der Waals surface area contributed by atoms with Gasteiger partial charge in [0.25, 0.3) is 0 Å². The van der Waals surface area contributed by atoms with E-state index in [1.54, 1.807) is 0 Å². The summed E-state index contributed by atoms with van der Waals surface area (Å²) < 4.78 is 18.9. The standard InChI is InChI=1S/C14H20FNO/c1-10-6-12(14(17-2)13(15)7-10)8-11-4-3-5-16-9-11/h6-7,11,16H,3-5,8-9H2,1-2H3. The van der Waals surface area contributed by atoms with Crippen molar-refractivity contribution >= 4 is 0 Å². The van der Waals surface area contributed by atoms with Gasteiger partial charge in [0, 0.05) is 0 Å². The molecule has 17 heavy (non-hydrogen) atoms. The van der Waals surface area contributed by atoms with Gasteiger partial charge in [-0.2, -0.15) is 0 Å². The van der Waals surface area contributed by atoms with Crippen molar-refractivity contribution in [2.75, 3.05) is 20.2 Å². The molecule has 1 aliphatic rings. The predicted octanol–water partition coefficient (Wildman–Crippen LogP) is 2.68. The fourth-order valence-corrected chi connectivity index (χ4v) is 2.59. The molecule has 0 aliphatic carbocycles. The van der Waals surface area contributed by atoms with Gasteiger partial charge in [-0.25, -0.2) is 4.39 Å². The minimum absolute atomic E-state index is 0.244. The number of methoxy groups -OCH3 is 1. The van der Waals surface area contributed by atoms with Gasteiger partial charge >= 0.3 is 0 Å². The number of piperidine rings is 1. The maximum atomic E-state index is 13.7. The zero-order valence-electron chi connectivity index (χ0n) is 10.6. The van der Waals surface area contributed by atoms with Gasteiger partial charge in [-0.3, -0.25) is 0 Å². The Morgan fingerprint density at radius 3 is 2.94 bits per heavy atom. The number of ether oxygens (including phenoxy) is 1. The van der Waals surface area contributed by atoms with Crippen molar-refractivity contribution in [2.45, 2.75) is 26.2 Å². The first-order valence-corrected chi connectivity index (χ1v) is 6.24. The fourth-order valence-electron chi connectivity index (χ4n) is 2.59. The van der Waals surface area contributed by atoms with Crippen LogP contribution in [0.5, 0.6) is 5.75 Å². The first kappa shape index (κ1) is 12.4. The van der Waals surface area contributed by atoms with Gasteiger partial charge in [0.15, 0.2) is 11.6 Å². The Kier molecular flexibility index (Phi) is 4.00. The number of nitrogens with one attached hydrogen (secondary N) is 1. The molecule has 0 amide bonds. The predicted molar refractivity (Wildman–Crippen MR) is 67.0 cm³/mol. The largest absolute Gasteiger partial charge is 0.493 e. The topological polar surface area (TPSA) is 21.3 Å². The highest BCUT2D eigenvalue weighted by Gasteiger charge is 2.17. The monoisotopic (exact) mass is 237 g/mol. The molecule has 1 N–H and O–H groups in total. The van der Waals surface area contributed by atoms with Crippen LogP contribution in [0.2, 0.25) is 0 Å². The fraction of sp³-hybridized carbons (Fsp3) is 0.571. The van der Waals surface area contributed by atoms with Crippen molar-refractivity contribution in [3.8, 4) is 5.75 Å². The van der Waals surface area contributed by atoms with E-state index in [9.17, 15) is 4.39 Å². The van der Waals surface area contributed by atoms with Gasteiger partial charge in [-0.05, 0) is 62.4 Å². The molecule has 94 valence electrons. The summed E-state index contributed by atoms with van der Waals surface area (Å²) in [5.41, 5.74) is 1.96. The Labute approximate surface area is 102 Å². The van der Waals surface area contributed by atoms with Crippen LogP contribution in [0.25, 0.3) is 0 Å². The molecule has 1 aliphatic heterocycles. The minimum atomic E-state index is -0.244. The molecular formula is C14H20FNO. The van der Waals surface area contributed by atoms with Crippen molar-refractivity contribution in [3.63, 3.8) is 0 Å². The van der Waals surface area contributed by atoms with Crippen LogP contribution in [-0.4, -0.2) is 20.2 Å². The molecular weight excluding hydrogens is 217 g/mol. The Morgan fingerprint density at radius 1 is 1.47 bits per heavy atom. The summed E-state index contributed by atoms with van der Waals surface area (Å²) in [6, 6.07) is 3.57. The van der Waals surface area contributed by atoms with Gasteiger partial charge in [0.05, 0.1) is 7.11 Å². The van der Waals surface area contributed by atoms with E-state index in [1.807, 2.05) is 13.0 Å². The molecule has 1 saturated heterocycles. The van der Waals surface area contributed by atoms with Gasteiger partial charge < -0.3 is 10.1 Å². The summed E-state index contributed by atoms with van der Waals surface area (Å²) in [4.78, 5) is 0. The second-order valence-electron chi connectivity index (χ2n) is 4.86. The van der Waals surface area contributed by atoms with Crippen LogP contribution >= 0.6 is 0 Å². The van der Waals surface area contributed by atoms with Gasteiger partial charge in [-0.15, -0.1) is 0 Å². The second kappa shape index (κ2) is 5.50. The molecule has 3 heteroatoms. The highest BCUT2D eigenvalue weighted by molar-refractivity contribution is 5.38. The quantitative estimate of drug-likeness (QED) is 0.872. The van der Waals surface area contributed by atoms with Crippen LogP contribution in [0, 0.1) is 18.7 Å². The van der Waals surface area contributed by atoms with E-state index in [0.717, 1.165) is 30.6 Å². The molecule has 2 rings (SSSR count). The van der Waals surface area contributed by atoms with Crippen molar-refractivity contribution in [1.82, 2.24) is 5.32 Å². The minimum Gasteiger partial charge on any atom is -0.493 e. The van der Waals surface area contributed by atoms with E-state index in [1.165, 1.54) is 26.0 Å². The van der Waals surface area contributed by atoms with Crippen molar-refractivity contribution in [3.05, 3.63) is 29.1 Å². The van der Waals surface area contributed by atoms with Crippen LogP contribution in [0.1, 0.15) is 24.0 Å². The van der Waals surface area contributed by atoms with Gasteiger partial charge in [-0.1, -0.05) is 6.07 Å². The third kappa shape index (κ3) is 2.97. The molecule has 1 aromatic rings. The molecule has 1 heterocycles. The van der Waals surface area contributed by atoms with E-state index in [0.29, 0.717) is 11.7 Å². The summed E-state index contributed by atoms with van der Waals surface area (Å²) in [5.74, 6) is 0.770. The van der Waals surface area contributed by atoms with Gasteiger partial charge in [0.1, 0.15) is 0 Å². The first-order chi connectivity index (χ1) is 8.20. The summed E-state index contributed by atoms with van der Waals surface area (Å²) in [5, 5.41) is 3.39. The van der Waals surface area contributed by atoms with Crippen molar-refractivity contribution in [2.24, 2.45) is 5.92 Å². The summed E-state index contributed by atoms with van der Waals surface area (Å²) in [6.45, 7) is 4.06. The Bertz CT molecular complexity index is 386. The molecule has 0 aromatic heterocycles. The molecule has 0 saturated carbocycles. The third-order valence-corrected chi connectivity index (χ3v) is 3.38. The third-order valence-electron chi connectivity index (χ3n) is 3.38. The first-order valence-electron chi connectivity index (χ1n) is 6.24. The normalized spacial score (nSPS) is 20.3. The lowest BCUT2D eigenvalue weighted by Gasteiger charge is -2.23. The van der Waals surface area contributed by atoms with E-state index < -0.39 is 0 Å². The lowest BCUT2D eigenvalue weighted by atomic mass is 9.91. The highest BCUT2D eigenvalue weighted by atomic mass is 19.1. The van der Waals surface area contributed by atoms with Crippen LogP contribution in [0.3, 0.4) is 0 Å². The molecule has 1 unspecified atom stereocenters. The number of rotatable bonds is 3. The van der Waals surface area contributed by atoms with Crippen LogP contribution in [-0.2, 0) is 6.42 Å². The molecule has 0 spiro atoms. The Balaban J connectivity index is 2.18. The lowest BCUT2D eigenvalue weighted by molar-refractivity contribution is 0.354. The number of halogens is 1. The van der Waals surface area contributed by atoms with Gasteiger partial charge in [0.2, 0.25) is 0 Å². The SMILES string of the molecule is COc1c(F)cc(C)cc1CC1CCCNC1. The highest BCUT2D eigenvalue weighted by Crippen LogP contribution is 2.28. The van der Waals surface area contributed by atoms with Crippen LogP contribution in [0.4, 0.5) is 4.39 Å². The molecule has 2 nitrogen and oxygen atoms in total. The average molecular weight is 237 g/mol. The lowest BCUT2D eigenvalue weighted by Crippen LogP contribution is -2.31. The number of benzene rings is 1. The zero-order chi connectivity index (χ0) is 12.3. The van der Waals surface area contributed by atoms with Crippen LogP contribution in [0.15, 0.2) is 12.1 Å². The molecule has 1 atom stereocenters. The van der Waals surface area contributed by atoms with E-state index in [2.05, 4.69) is 5.32 Å². The Morgan fingerprint density at radius 2 is 2.29 bits per heavy atom. The maximum Gasteiger partial charge on any atom is 0.165 e. The van der Waals surface area contributed by atoms with E-state index in [4.69, 9.17) is 4.74 Å². The average Bonchev–Trinajstić information content (AvgIpc) is 2.30. The Hall–Kier alpha value is -1.09. The molecule has 0 bridgehead atoms. The number of hydrogen-bond donors (Lipinski definition) is 1. The van der Waals surface area contributed by atoms with Crippen LogP contribution < -0.4 is 10.1 Å². The number of aryl methyl sites for hydroxylation is 1. The van der Waals surface area contributed by atoms with Crippen molar-refractivity contribution < 1.29 is 9.13 Å². The second-order valence-corrected chi connectivity index (χ2v) is 4.86. The summed E-state index contributed by atoms with van der Waals surface area (Å²) in [6.07, 6.45) is 3.32. The van der Waals surface area contributed by atoms with Crippen molar-refractivity contribution in [1.29, 1.82) is 0 Å². The van der Waals surface area contributed by atoms with E-state index >= 15 is 0 Å². The number of hydrogen-bond acceptors (Lipinski definition) is 2. The molecule has 1 aromatic carbocycles. The smallest absolute Gasteiger partial charge is 0.165 e.